The molecule has 3 rings (SSSR count). The van der Waals surface area contributed by atoms with Gasteiger partial charge in [0.15, 0.2) is 0 Å². The van der Waals surface area contributed by atoms with Gasteiger partial charge < -0.3 is 10.1 Å². The highest BCUT2D eigenvalue weighted by Crippen LogP contribution is 2.31. The lowest BCUT2D eigenvalue weighted by Gasteiger charge is -2.09. The first kappa shape index (κ1) is 18.3. The van der Waals surface area contributed by atoms with Crippen molar-refractivity contribution >= 4 is 34.8 Å². The van der Waals surface area contributed by atoms with Gasteiger partial charge >= 0.3 is 0 Å². The molecule has 0 unspecified atom stereocenters. The van der Waals surface area contributed by atoms with Crippen molar-refractivity contribution in [3.05, 3.63) is 63.8 Å². The first-order valence-electron chi connectivity index (χ1n) is 8.01. The molecule has 7 heteroatoms. The third-order valence-corrected chi connectivity index (χ3v) is 4.72. The first-order chi connectivity index (χ1) is 12.5. The number of rotatable bonds is 5. The van der Waals surface area contributed by atoms with Gasteiger partial charge in [0.05, 0.1) is 28.5 Å². The van der Waals surface area contributed by atoms with E-state index in [9.17, 15) is 4.79 Å². The summed E-state index contributed by atoms with van der Waals surface area (Å²) in [4.78, 5) is 12.7. The molecule has 0 saturated carbocycles. The van der Waals surface area contributed by atoms with Gasteiger partial charge in [-0.3, -0.25) is 9.89 Å². The summed E-state index contributed by atoms with van der Waals surface area (Å²) >= 11 is 11.9. The SMILES string of the molecule is CCc1[nH]nc(-c2ccc(OC)cc2)c1NC(=O)c1ccc(Cl)c(Cl)c1. The number of amides is 1. The van der Waals surface area contributed by atoms with E-state index in [4.69, 9.17) is 27.9 Å². The number of aryl methyl sites for hydroxylation is 1. The van der Waals surface area contributed by atoms with Crippen LogP contribution in [0.4, 0.5) is 5.69 Å². The van der Waals surface area contributed by atoms with Crippen LogP contribution in [0.3, 0.4) is 0 Å². The smallest absolute Gasteiger partial charge is 0.255 e. The third-order valence-electron chi connectivity index (χ3n) is 3.98. The van der Waals surface area contributed by atoms with Gasteiger partial charge in [0, 0.05) is 11.1 Å². The highest BCUT2D eigenvalue weighted by molar-refractivity contribution is 6.42. The maximum absolute atomic E-state index is 12.7. The Bertz CT molecular complexity index is 936. The second-order valence-corrected chi connectivity index (χ2v) is 6.41. The van der Waals surface area contributed by atoms with Crippen molar-refractivity contribution in [1.82, 2.24) is 10.2 Å². The lowest BCUT2D eigenvalue weighted by Crippen LogP contribution is -2.13. The second-order valence-electron chi connectivity index (χ2n) is 5.59. The molecule has 0 aliphatic heterocycles. The summed E-state index contributed by atoms with van der Waals surface area (Å²) < 4.78 is 5.18. The Kier molecular flexibility index (Phi) is 5.49. The molecule has 2 N–H and O–H groups in total. The Morgan fingerprint density at radius 1 is 1.15 bits per heavy atom. The Hall–Kier alpha value is -2.50. The van der Waals surface area contributed by atoms with E-state index in [1.54, 1.807) is 19.2 Å². The van der Waals surface area contributed by atoms with E-state index in [0.29, 0.717) is 33.4 Å². The molecular weight excluding hydrogens is 373 g/mol. The fourth-order valence-corrected chi connectivity index (χ4v) is 2.85. The molecule has 0 aliphatic rings. The van der Waals surface area contributed by atoms with E-state index < -0.39 is 0 Å². The van der Waals surface area contributed by atoms with Crippen LogP contribution in [0, 0.1) is 0 Å². The summed E-state index contributed by atoms with van der Waals surface area (Å²) in [5.41, 5.74) is 3.44. The molecule has 3 aromatic rings. The van der Waals surface area contributed by atoms with Crippen LogP contribution in [-0.4, -0.2) is 23.2 Å². The Morgan fingerprint density at radius 2 is 1.88 bits per heavy atom. The maximum Gasteiger partial charge on any atom is 0.255 e. The Morgan fingerprint density at radius 3 is 2.50 bits per heavy atom. The Balaban J connectivity index is 1.94. The second kappa shape index (κ2) is 7.81. The number of halogens is 2. The van der Waals surface area contributed by atoms with Gasteiger partial charge in [-0.2, -0.15) is 5.10 Å². The largest absolute Gasteiger partial charge is 0.497 e. The van der Waals surface area contributed by atoms with Crippen LogP contribution in [-0.2, 0) is 6.42 Å². The summed E-state index contributed by atoms with van der Waals surface area (Å²) in [7, 11) is 1.61. The van der Waals surface area contributed by atoms with Crippen molar-refractivity contribution < 1.29 is 9.53 Å². The van der Waals surface area contributed by atoms with Crippen molar-refractivity contribution in [3.8, 4) is 17.0 Å². The normalized spacial score (nSPS) is 10.6. The molecule has 1 aromatic heterocycles. The lowest BCUT2D eigenvalue weighted by atomic mass is 10.1. The van der Waals surface area contributed by atoms with Crippen LogP contribution in [0.25, 0.3) is 11.3 Å². The number of carbonyl (C=O) groups is 1. The van der Waals surface area contributed by atoms with Crippen molar-refractivity contribution in [2.24, 2.45) is 0 Å². The third kappa shape index (κ3) is 3.69. The summed E-state index contributed by atoms with van der Waals surface area (Å²) in [6, 6.07) is 12.2. The standard InChI is InChI=1S/C19H17Cl2N3O2/c1-3-16-18(22-19(25)12-6-9-14(20)15(21)10-12)17(24-23-16)11-4-7-13(26-2)8-5-11/h4-10H,3H2,1-2H3,(H,22,25)(H,23,24). The van der Waals surface area contributed by atoms with E-state index in [2.05, 4.69) is 15.5 Å². The van der Waals surface area contributed by atoms with Crippen LogP contribution >= 0.6 is 23.2 Å². The highest BCUT2D eigenvalue weighted by atomic mass is 35.5. The number of aromatic amines is 1. The predicted octanol–water partition coefficient (Wildman–Crippen LogP) is 5.21. The van der Waals surface area contributed by atoms with Crippen LogP contribution in [0.2, 0.25) is 10.0 Å². The number of H-pyrrole nitrogens is 1. The molecule has 1 amide bonds. The van der Waals surface area contributed by atoms with Crippen LogP contribution < -0.4 is 10.1 Å². The van der Waals surface area contributed by atoms with Gasteiger partial charge in [0.25, 0.3) is 5.91 Å². The predicted molar refractivity (Wildman–Crippen MR) is 104 cm³/mol. The molecular formula is C19H17Cl2N3O2. The molecule has 0 atom stereocenters. The van der Waals surface area contributed by atoms with Crippen molar-refractivity contribution in [3.63, 3.8) is 0 Å². The van der Waals surface area contributed by atoms with Gasteiger partial charge in [0.1, 0.15) is 11.4 Å². The van der Waals surface area contributed by atoms with E-state index in [-0.39, 0.29) is 5.91 Å². The minimum Gasteiger partial charge on any atom is -0.497 e. The van der Waals surface area contributed by atoms with E-state index in [0.717, 1.165) is 17.0 Å². The van der Waals surface area contributed by atoms with E-state index in [1.807, 2.05) is 31.2 Å². The number of nitrogens with zero attached hydrogens (tertiary/aromatic N) is 1. The maximum atomic E-state index is 12.7. The quantitative estimate of drug-likeness (QED) is 0.629. The zero-order valence-electron chi connectivity index (χ0n) is 14.3. The molecule has 5 nitrogen and oxygen atoms in total. The van der Waals surface area contributed by atoms with E-state index >= 15 is 0 Å². The van der Waals surface area contributed by atoms with E-state index in [1.165, 1.54) is 6.07 Å². The summed E-state index contributed by atoms with van der Waals surface area (Å²) in [6.45, 7) is 1.99. The first-order valence-corrected chi connectivity index (χ1v) is 8.77. The molecule has 0 saturated heterocycles. The fraction of sp³-hybridized carbons (Fsp3) is 0.158. The number of hydrogen-bond acceptors (Lipinski definition) is 3. The average Bonchev–Trinajstić information content (AvgIpc) is 3.06. The lowest BCUT2D eigenvalue weighted by molar-refractivity contribution is 0.102. The molecule has 1 heterocycles. The number of aromatic nitrogens is 2. The number of carbonyl (C=O) groups excluding carboxylic acids is 1. The van der Waals surface area contributed by atoms with Crippen molar-refractivity contribution in [2.75, 3.05) is 12.4 Å². The summed E-state index contributed by atoms with van der Waals surface area (Å²) in [6.07, 6.45) is 0.695. The minimum absolute atomic E-state index is 0.283. The number of ether oxygens (including phenoxy) is 1. The fourth-order valence-electron chi connectivity index (χ4n) is 2.55. The molecule has 2 aromatic carbocycles. The number of hydrogen-bond donors (Lipinski definition) is 2. The molecule has 0 radical (unpaired) electrons. The Labute approximate surface area is 161 Å². The number of nitrogens with one attached hydrogen (secondary N) is 2. The summed E-state index contributed by atoms with van der Waals surface area (Å²) in [5, 5.41) is 11.0. The van der Waals surface area contributed by atoms with Crippen molar-refractivity contribution in [1.29, 1.82) is 0 Å². The number of anilines is 1. The van der Waals surface area contributed by atoms with Gasteiger partial charge in [-0.05, 0) is 48.9 Å². The van der Waals surface area contributed by atoms with Crippen LogP contribution in [0.15, 0.2) is 42.5 Å². The molecule has 0 spiro atoms. The zero-order valence-corrected chi connectivity index (χ0v) is 15.8. The average molecular weight is 390 g/mol. The number of methoxy groups -OCH3 is 1. The van der Waals surface area contributed by atoms with Gasteiger partial charge in [-0.25, -0.2) is 0 Å². The van der Waals surface area contributed by atoms with Gasteiger partial charge in [0.2, 0.25) is 0 Å². The topological polar surface area (TPSA) is 67.0 Å². The number of benzene rings is 2. The summed E-state index contributed by atoms with van der Waals surface area (Å²) in [5.74, 6) is 0.468. The molecule has 0 bridgehead atoms. The monoisotopic (exact) mass is 389 g/mol. The molecule has 0 aliphatic carbocycles. The molecule has 134 valence electrons. The van der Waals surface area contributed by atoms with Gasteiger partial charge in [-0.1, -0.05) is 30.1 Å². The van der Waals surface area contributed by atoms with Crippen molar-refractivity contribution in [2.45, 2.75) is 13.3 Å². The zero-order chi connectivity index (χ0) is 18.7. The molecule has 0 fully saturated rings. The highest BCUT2D eigenvalue weighted by Gasteiger charge is 2.18. The molecule has 26 heavy (non-hydrogen) atoms. The van der Waals surface area contributed by atoms with Gasteiger partial charge in [-0.15, -0.1) is 0 Å². The van der Waals surface area contributed by atoms with Crippen LogP contribution in [0.1, 0.15) is 23.0 Å². The van der Waals surface area contributed by atoms with Crippen LogP contribution in [0.5, 0.6) is 5.75 Å². The minimum atomic E-state index is -0.283.